The Morgan fingerprint density at radius 1 is 1.55 bits per heavy atom. The summed E-state index contributed by atoms with van der Waals surface area (Å²) in [5, 5.41) is 28.6. The monoisotopic (exact) mass is 297 g/mol. The molecule has 3 N–H and O–H groups in total. The van der Waals surface area contributed by atoms with E-state index in [2.05, 4.69) is 5.32 Å². The van der Waals surface area contributed by atoms with Crippen molar-refractivity contribution in [3.8, 4) is 6.07 Å². The number of carboxylic acids is 1. The summed E-state index contributed by atoms with van der Waals surface area (Å²) in [4.78, 5) is 35.5. The number of hydrogen-bond acceptors (Lipinski definition) is 6. The molecule has 1 saturated heterocycles. The first-order valence-electron chi connectivity index (χ1n) is 5.68. The zero-order valence-electron chi connectivity index (χ0n) is 10.2. The average Bonchev–Trinajstić information content (AvgIpc) is 2.43. The van der Waals surface area contributed by atoms with Gasteiger partial charge in [-0.25, -0.2) is 4.79 Å². The van der Waals surface area contributed by atoms with Crippen molar-refractivity contribution >= 4 is 29.5 Å². The Morgan fingerprint density at radius 2 is 2.25 bits per heavy atom. The van der Waals surface area contributed by atoms with E-state index in [-0.39, 0.29) is 23.4 Å². The molecule has 0 aromatic carbocycles. The Labute approximate surface area is 118 Å². The fraction of sp³-hybridized carbons (Fsp3) is 0.455. The van der Waals surface area contributed by atoms with Gasteiger partial charge in [-0.15, -0.1) is 11.8 Å². The van der Waals surface area contributed by atoms with Crippen LogP contribution in [0.2, 0.25) is 0 Å². The van der Waals surface area contributed by atoms with Crippen molar-refractivity contribution in [2.75, 3.05) is 12.4 Å². The van der Waals surface area contributed by atoms with Crippen LogP contribution in [-0.2, 0) is 14.4 Å². The van der Waals surface area contributed by atoms with E-state index in [4.69, 9.17) is 15.5 Å². The molecule has 2 atom stereocenters. The lowest BCUT2D eigenvalue weighted by atomic mass is 10.0. The quantitative estimate of drug-likeness (QED) is 0.546. The molecule has 0 aromatic rings. The standard InChI is InChI=1S/C11H11N3O5S/c12-2-1-6(16)13-7-9(17)14-8(11(18)19)5(3-15)4-20-10(7)14/h7,10,15H,1,3-4H2,(H,13,16)(H,18,19). The molecule has 0 bridgehead atoms. The van der Waals surface area contributed by atoms with E-state index in [0.717, 1.165) is 4.90 Å². The number of carbonyl (C=O) groups is 3. The highest BCUT2D eigenvalue weighted by atomic mass is 32.2. The molecule has 0 aliphatic carbocycles. The number of β-lactam (4-membered cyclic amide) rings is 1. The van der Waals surface area contributed by atoms with E-state index in [1.54, 1.807) is 6.07 Å². The zero-order chi connectivity index (χ0) is 14.9. The highest BCUT2D eigenvalue weighted by molar-refractivity contribution is 8.00. The van der Waals surface area contributed by atoms with Gasteiger partial charge >= 0.3 is 5.97 Å². The maximum atomic E-state index is 11.9. The molecule has 8 nitrogen and oxygen atoms in total. The number of carbonyl (C=O) groups excluding carboxylic acids is 2. The number of aliphatic hydroxyl groups is 1. The summed E-state index contributed by atoms with van der Waals surface area (Å²) in [7, 11) is 0. The molecule has 9 heteroatoms. The lowest BCUT2D eigenvalue weighted by Gasteiger charge is -2.49. The van der Waals surface area contributed by atoms with E-state index in [0.29, 0.717) is 0 Å². The largest absolute Gasteiger partial charge is 0.477 e. The minimum Gasteiger partial charge on any atom is -0.477 e. The van der Waals surface area contributed by atoms with Crippen LogP contribution < -0.4 is 5.32 Å². The second-order valence-electron chi connectivity index (χ2n) is 4.21. The number of fused-ring (bicyclic) bond motifs is 1. The van der Waals surface area contributed by atoms with Gasteiger partial charge in [0.25, 0.3) is 5.91 Å². The van der Waals surface area contributed by atoms with Crippen LogP contribution in [0.25, 0.3) is 0 Å². The van der Waals surface area contributed by atoms with Gasteiger partial charge in [-0.1, -0.05) is 0 Å². The molecule has 2 amide bonds. The fourth-order valence-electron chi connectivity index (χ4n) is 2.10. The summed E-state index contributed by atoms with van der Waals surface area (Å²) in [6.45, 7) is -0.434. The second-order valence-corrected chi connectivity index (χ2v) is 5.31. The van der Waals surface area contributed by atoms with Gasteiger partial charge in [0.15, 0.2) is 0 Å². The van der Waals surface area contributed by atoms with Crippen LogP contribution in [0, 0.1) is 11.3 Å². The topological polar surface area (TPSA) is 131 Å². The molecule has 2 aliphatic rings. The van der Waals surface area contributed by atoms with E-state index < -0.39 is 35.8 Å². The summed E-state index contributed by atoms with van der Waals surface area (Å²) in [5.41, 5.74) is 0.0564. The average molecular weight is 297 g/mol. The van der Waals surface area contributed by atoms with Crippen molar-refractivity contribution in [1.29, 1.82) is 5.26 Å². The van der Waals surface area contributed by atoms with Crippen molar-refractivity contribution in [1.82, 2.24) is 10.2 Å². The predicted octanol–water partition coefficient (Wildman–Crippen LogP) is -1.37. The highest BCUT2D eigenvalue weighted by Crippen LogP contribution is 2.40. The van der Waals surface area contributed by atoms with Gasteiger partial charge in [-0.05, 0) is 5.57 Å². The molecule has 0 saturated carbocycles. The Hall–Kier alpha value is -2.05. The first kappa shape index (κ1) is 14.4. The number of hydrogen-bond donors (Lipinski definition) is 3. The Bertz CT molecular complexity index is 553. The number of aliphatic hydroxyl groups excluding tert-OH is 1. The molecule has 0 radical (unpaired) electrons. The number of thioether (sulfide) groups is 1. The normalized spacial score (nSPS) is 24.6. The Kier molecular flexibility index (Phi) is 3.96. The first-order chi connectivity index (χ1) is 9.51. The van der Waals surface area contributed by atoms with Crippen molar-refractivity contribution in [2.24, 2.45) is 0 Å². The number of amides is 2. The van der Waals surface area contributed by atoms with E-state index >= 15 is 0 Å². The van der Waals surface area contributed by atoms with Crippen molar-refractivity contribution in [3.05, 3.63) is 11.3 Å². The fourth-order valence-corrected chi connectivity index (χ4v) is 3.44. The smallest absolute Gasteiger partial charge is 0.352 e. The molecular formula is C11H11N3O5S. The van der Waals surface area contributed by atoms with Crippen LogP contribution in [0.15, 0.2) is 11.3 Å². The van der Waals surface area contributed by atoms with Gasteiger partial charge in [0.1, 0.15) is 23.5 Å². The molecule has 0 spiro atoms. The predicted molar refractivity (Wildman–Crippen MR) is 67.0 cm³/mol. The number of nitrogens with zero attached hydrogens (tertiary/aromatic N) is 2. The van der Waals surface area contributed by atoms with Crippen LogP contribution in [0.4, 0.5) is 0 Å². The third-order valence-electron chi connectivity index (χ3n) is 3.00. The summed E-state index contributed by atoms with van der Waals surface area (Å²) in [5.74, 6) is -2.12. The number of rotatable bonds is 4. The Balaban J connectivity index is 2.17. The third kappa shape index (κ3) is 2.23. The molecule has 2 heterocycles. The molecule has 2 rings (SSSR count). The maximum absolute atomic E-state index is 11.9. The van der Waals surface area contributed by atoms with Gasteiger partial charge in [0.05, 0.1) is 12.7 Å². The van der Waals surface area contributed by atoms with Crippen LogP contribution in [0.5, 0.6) is 0 Å². The number of nitriles is 1. The third-order valence-corrected chi connectivity index (χ3v) is 4.34. The number of carboxylic acid groups (broad SMARTS) is 1. The zero-order valence-corrected chi connectivity index (χ0v) is 11.0. The summed E-state index contributed by atoms with van der Waals surface area (Å²) >= 11 is 1.26. The molecule has 106 valence electrons. The summed E-state index contributed by atoms with van der Waals surface area (Å²) in [6.07, 6.45) is -0.356. The molecule has 0 aromatic heterocycles. The van der Waals surface area contributed by atoms with Crippen molar-refractivity contribution in [2.45, 2.75) is 17.8 Å². The lowest BCUT2D eigenvalue weighted by Crippen LogP contribution is -2.70. The lowest BCUT2D eigenvalue weighted by molar-refractivity contribution is -0.150. The van der Waals surface area contributed by atoms with Crippen LogP contribution in [0.1, 0.15) is 6.42 Å². The molecule has 20 heavy (non-hydrogen) atoms. The first-order valence-corrected chi connectivity index (χ1v) is 6.73. The van der Waals surface area contributed by atoms with Crippen LogP contribution >= 0.6 is 11.8 Å². The molecule has 2 unspecified atom stereocenters. The molecule has 2 aliphatic heterocycles. The van der Waals surface area contributed by atoms with Gasteiger partial charge < -0.3 is 15.5 Å². The molecular weight excluding hydrogens is 286 g/mol. The second kappa shape index (κ2) is 5.52. The maximum Gasteiger partial charge on any atom is 0.352 e. The van der Waals surface area contributed by atoms with Gasteiger partial charge in [0, 0.05) is 5.75 Å². The van der Waals surface area contributed by atoms with E-state index in [1.807, 2.05) is 0 Å². The van der Waals surface area contributed by atoms with Crippen molar-refractivity contribution in [3.63, 3.8) is 0 Å². The Morgan fingerprint density at radius 3 is 2.80 bits per heavy atom. The van der Waals surface area contributed by atoms with Crippen molar-refractivity contribution < 1.29 is 24.6 Å². The number of nitrogens with one attached hydrogen (secondary N) is 1. The summed E-state index contributed by atoms with van der Waals surface area (Å²) < 4.78 is 0. The van der Waals surface area contributed by atoms with Gasteiger partial charge in [0.2, 0.25) is 5.91 Å². The number of aliphatic carboxylic acids is 1. The van der Waals surface area contributed by atoms with Crippen LogP contribution in [-0.4, -0.2) is 56.7 Å². The summed E-state index contributed by atoms with van der Waals surface area (Å²) in [6, 6.07) is 0.847. The van der Waals surface area contributed by atoms with E-state index in [1.165, 1.54) is 11.8 Å². The highest BCUT2D eigenvalue weighted by Gasteiger charge is 2.53. The van der Waals surface area contributed by atoms with Gasteiger partial charge in [-0.3, -0.25) is 14.5 Å². The van der Waals surface area contributed by atoms with Crippen LogP contribution in [0.3, 0.4) is 0 Å². The minimum absolute atomic E-state index is 0.216. The molecule has 1 fully saturated rings. The van der Waals surface area contributed by atoms with E-state index in [9.17, 15) is 14.4 Å². The minimum atomic E-state index is -1.28. The SMILES string of the molecule is N#CCC(=O)NC1C(=O)N2C(C(=O)O)=C(CO)CSC12. The van der Waals surface area contributed by atoms with Gasteiger partial charge in [-0.2, -0.15) is 5.26 Å².